The van der Waals surface area contributed by atoms with Crippen LogP contribution in [0.4, 0.5) is 0 Å². The first-order valence-electron chi connectivity index (χ1n) is 5.50. The first-order chi connectivity index (χ1) is 9.03. The van der Waals surface area contributed by atoms with Crippen molar-refractivity contribution >= 4 is 10.0 Å². The fourth-order valence-electron chi connectivity index (χ4n) is 1.59. The average molecular weight is 276 g/mol. The molecule has 0 fully saturated rings. The summed E-state index contributed by atoms with van der Waals surface area (Å²) in [6.07, 6.45) is 3.02. The van der Waals surface area contributed by atoms with Crippen LogP contribution in [-0.4, -0.2) is 18.4 Å². The van der Waals surface area contributed by atoms with Crippen LogP contribution in [0, 0.1) is 18.3 Å². The SMILES string of the molecule is Cc1ccc(C#N)cc1S(=O)(=O)NCc1cnc[nH]1. The Morgan fingerprint density at radius 2 is 2.26 bits per heavy atom. The number of imidazole rings is 1. The molecule has 1 heterocycles. The van der Waals surface area contributed by atoms with Gasteiger partial charge in [-0.3, -0.25) is 0 Å². The number of rotatable bonds is 4. The maximum atomic E-state index is 12.2. The largest absolute Gasteiger partial charge is 0.347 e. The van der Waals surface area contributed by atoms with Crippen LogP contribution in [0.2, 0.25) is 0 Å². The lowest BCUT2D eigenvalue weighted by Crippen LogP contribution is -2.24. The van der Waals surface area contributed by atoms with E-state index < -0.39 is 10.0 Å². The van der Waals surface area contributed by atoms with E-state index >= 15 is 0 Å². The number of nitrogens with one attached hydrogen (secondary N) is 2. The van der Waals surface area contributed by atoms with Gasteiger partial charge in [-0.2, -0.15) is 5.26 Å². The summed E-state index contributed by atoms with van der Waals surface area (Å²) < 4.78 is 26.8. The Bertz CT molecular complexity index is 715. The lowest BCUT2D eigenvalue weighted by atomic mass is 10.2. The molecule has 0 aliphatic carbocycles. The summed E-state index contributed by atoms with van der Waals surface area (Å²) >= 11 is 0. The Kier molecular flexibility index (Phi) is 3.64. The number of nitriles is 1. The molecule has 0 bridgehead atoms. The summed E-state index contributed by atoms with van der Waals surface area (Å²) in [5.41, 5.74) is 1.57. The molecule has 2 aromatic rings. The highest BCUT2D eigenvalue weighted by Gasteiger charge is 2.17. The number of hydrogen-bond acceptors (Lipinski definition) is 4. The van der Waals surface area contributed by atoms with Gasteiger partial charge in [0.25, 0.3) is 0 Å². The molecule has 0 aliphatic rings. The molecule has 0 atom stereocenters. The molecule has 0 unspecified atom stereocenters. The number of H-pyrrole nitrogens is 1. The van der Waals surface area contributed by atoms with Gasteiger partial charge in [0.05, 0.1) is 29.4 Å². The van der Waals surface area contributed by atoms with E-state index in [-0.39, 0.29) is 11.4 Å². The van der Waals surface area contributed by atoms with Crippen molar-refractivity contribution in [1.82, 2.24) is 14.7 Å². The minimum atomic E-state index is -3.65. The highest BCUT2D eigenvalue weighted by Crippen LogP contribution is 2.16. The average Bonchev–Trinajstić information content (AvgIpc) is 2.90. The van der Waals surface area contributed by atoms with E-state index in [2.05, 4.69) is 14.7 Å². The van der Waals surface area contributed by atoms with Gasteiger partial charge in [0.15, 0.2) is 0 Å². The summed E-state index contributed by atoms with van der Waals surface area (Å²) in [5, 5.41) is 8.82. The van der Waals surface area contributed by atoms with Gasteiger partial charge in [-0.25, -0.2) is 18.1 Å². The molecule has 1 aromatic carbocycles. The van der Waals surface area contributed by atoms with Crippen LogP contribution in [0.1, 0.15) is 16.8 Å². The maximum Gasteiger partial charge on any atom is 0.241 e. The lowest BCUT2D eigenvalue weighted by molar-refractivity contribution is 0.580. The van der Waals surface area contributed by atoms with Gasteiger partial charge in [0.2, 0.25) is 10.0 Å². The topological polar surface area (TPSA) is 98.6 Å². The van der Waals surface area contributed by atoms with Crippen LogP contribution in [0.3, 0.4) is 0 Å². The number of aromatic amines is 1. The van der Waals surface area contributed by atoms with Crippen LogP contribution in [0.5, 0.6) is 0 Å². The third-order valence-corrected chi connectivity index (χ3v) is 4.16. The molecule has 7 heteroatoms. The van der Waals surface area contributed by atoms with E-state index in [1.54, 1.807) is 25.3 Å². The van der Waals surface area contributed by atoms with Gasteiger partial charge < -0.3 is 4.98 Å². The second kappa shape index (κ2) is 5.22. The lowest BCUT2D eigenvalue weighted by Gasteiger charge is -2.08. The molecular formula is C12H12N4O2S. The van der Waals surface area contributed by atoms with E-state index in [9.17, 15) is 8.42 Å². The minimum Gasteiger partial charge on any atom is -0.347 e. The third kappa shape index (κ3) is 2.99. The Balaban J connectivity index is 2.27. The summed E-state index contributed by atoms with van der Waals surface area (Å²) in [5.74, 6) is 0. The van der Waals surface area contributed by atoms with Crippen molar-refractivity contribution in [2.75, 3.05) is 0 Å². The van der Waals surface area contributed by atoms with Crippen LogP contribution in [-0.2, 0) is 16.6 Å². The Morgan fingerprint density at radius 1 is 1.47 bits per heavy atom. The number of aromatic nitrogens is 2. The third-order valence-electron chi connectivity index (χ3n) is 2.61. The summed E-state index contributed by atoms with van der Waals surface area (Å²) in [4.78, 5) is 6.73. The summed E-state index contributed by atoms with van der Waals surface area (Å²) in [6.45, 7) is 1.81. The number of aryl methyl sites for hydroxylation is 1. The van der Waals surface area contributed by atoms with Gasteiger partial charge in [-0.15, -0.1) is 0 Å². The first-order valence-corrected chi connectivity index (χ1v) is 6.99. The van der Waals surface area contributed by atoms with E-state index in [1.165, 1.54) is 12.4 Å². The fourth-order valence-corrected chi connectivity index (χ4v) is 2.87. The van der Waals surface area contributed by atoms with Crippen molar-refractivity contribution in [3.8, 4) is 6.07 Å². The first kappa shape index (κ1) is 13.3. The predicted octanol–water partition coefficient (Wildman–Crippen LogP) is 1.07. The van der Waals surface area contributed by atoms with Crippen LogP contribution >= 0.6 is 0 Å². The van der Waals surface area contributed by atoms with Crippen LogP contribution in [0.15, 0.2) is 35.6 Å². The van der Waals surface area contributed by atoms with Gasteiger partial charge in [0, 0.05) is 11.9 Å². The molecule has 19 heavy (non-hydrogen) atoms. The standard InChI is InChI=1S/C12H12N4O2S/c1-9-2-3-10(5-13)4-12(9)19(17,18)16-7-11-6-14-8-15-11/h2-4,6,8,16H,7H2,1H3,(H,14,15). The molecule has 0 aliphatic heterocycles. The summed E-state index contributed by atoms with van der Waals surface area (Å²) in [6, 6.07) is 6.49. The molecule has 0 spiro atoms. The zero-order chi connectivity index (χ0) is 13.9. The molecule has 0 amide bonds. The Labute approximate surface area is 111 Å². The van der Waals surface area contributed by atoms with Crippen molar-refractivity contribution < 1.29 is 8.42 Å². The van der Waals surface area contributed by atoms with Gasteiger partial charge in [0.1, 0.15) is 0 Å². The minimum absolute atomic E-state index is 0.117. The second-order valence-electron chi connectivity index (χ2n) is 3.99. The van der Waals surface area contributed by atoms with Gasteiger partial charge >= 0.3 is 0 Å². The van der Waals surface area contributed by atoms with Crippen molar-refractivity contribution in [3.63, 3.8) is 0 Å². The Morgan fingerprint density at radius 3 is 2.89 bits per heavy atom. The van der Waals surface area contributed by atoms with Gasteiger partial charge in [-0.05, 0) is 24.6 Å². The molecular weight excluding hydrogens is 264 g/mol. The molecule has 0 saturated heterocycles. The number of hydrogen-bond donors (Lipinski definition) is 2. The molecule has 2 N–H and O–H groups in total. The molecule has 98 valence electrons. The highest BCUT2D eigenvalue weighted by atomic mass is 32.2. The Hall–Kier alpha value is -2.17. The van der Waals surface area contributed by atoms with E-state index in [0.717, 1.165) is 0 Å². The van der Waals surface area contributed by atoms with Crippen molar-refractivity contribution in [2.45, 2.75) is 18.4 Å². The molecule has 6 nitrogen and oxygen atoms in total. The van der Waals surface area contributed by atoms with Crippen molar-refractivity contribution in [2.24, 2.45) is 0 Å². The maximum absolute atomic E-state index is 12.2. The number of nitrogens with zero attached hydrogens (tertiary/aromatic N) is 2. The van der Waals surface area contributed by atoms with E-state index in [4.69, 9.17) is 5.26 Å². The van der Waals surface area contributed by atoms with Crippen molar-refractivity contribution in [3.05, 3.63) is 47.5 Å². The molecule has 1 aromatic heterocycles. The predicted molar refractivity (Wildman–Crippen MR) is 68.5 cm³/mol. The molecule has 2 rings (SSSR count). The number of benzene rings is 1. The van der Waals surface area contributed by atoms with E-state index in [1.807, 2.05) is 6.07 Å². The van der Waals surface area contributed by atoms with Crippen LogP contribution in [0.25, 0.3) is 0 Å². The smallest absolute Gasteiger partial charge is 0.241 e. The van der Waals surface area contributed by atoms with Crippen molar-refractivity contribution in [1.29, 1.82) is 5.26 Å². The normalized spacial score (nSPS) is 11.2. The monoisotopic (exact) mass is 276 g/mol. The zero-order valence-electron chi connectivity index (χ0n) is 10.2. The molecule has 0 radical (unpaired) electrons. The van der Waals surface area contributed by atoms with Gasteiger partial charge in [-0.1, -0.05) is 6.07 Å². The number of sulfonamides is 1. The van der Waals surface area contributed by atoms with E-state index in [0.29, 0.717) is 16.8 Å². The fraction of sp³-hybridized carbons (Fsp3) is 0.167. The zero-order valence-corrected chi connectivity index (χ0v) is 11.0. The second-order valence-corrected chi connectivity index (χ2v) is 5.73. The summed E-state index contributed by atoms with van der Waals surface area (Å²) in [7, 11) is -3.65. The quantitative estimate of drug-likeness (QED) is 0.872. The molecule has 0 saturated carbocycles. The van der Waals surface area contributed by atoms with Crippen LogP contribution < -0.4 is 4.72 Å². The highest BCUT2D eigenvalue weighted by molar-refractivity contribution is 7.89.